The molecule has 1 aromatic carbocycles. The number of fused-ring (bicyclic) bond motifs is 1. The van der Waals surface area contributed by atoms with Gasteiger partial charge in [0.05, 0.1) is 19.8 Å². The molecule has 194 valence electrons. The smallest absolute Gasteiger partial charge is 0.242 e. The second kappa shape index (κ2) is 10.5. The highest BCUT2D eigenvalue weighted by Gasteiger charge is 2.28. The quantitative estimate of drug-likeness (QED) is 0.479. The molecular weight excluding hydrogens is 470 g/mol. The molecule has 4 N–H and O–H groups in total. The predicted molar refractivity (Wildman–Crippen MR) is 145 cm³/mol. The summed E-state index contributed by atoms with van der Waals surface area (Å²) in [6.07, 6.45) is 4.91. The summed E-state index contributed by atoms with van der Waals surface area (Å²) in [5, 5.41) is 0. The van der Waals surface area contributed by atoms with Crippen LogP contribution in [0.25, 0.3) is 28.2 Å². The Bertz CT molecular complexity index is 1360. The van der Waals surface area contributed by atoms with Crippen molar-refractivity contribution in [3.63, 3.8) is 0 Å². The molecule has 11 nitrogen and oxygen atoms in total. The number of hydrogen-bond donors (Lipinski definition) is 2. The molecule has 0 atom stereocenters. The SMILES string of the molecule is CCn1c(N2CCN(C)C(=O)C2)nc2c(N3CCOCC3)nc(-c3cccc(/C(N)=C/C=C\N)c3)nc21. The van der Waals surface area contributed by atoms with Gasteiger partial charge in [-0.05, 0) is 36.9 Å². The molecule has 3 aromatic rings. The lowest BCUT2D eigenvalue weighted by Gasteiger charge is -2.32. The van der Waals surface area contributed by atoms with Crippen LogP contribution in [0.3, 0.4) is 0 Å². The maximum atomic E-state index is 12.5. The Kier molecular flexibility index (Phi) is 6.95. The van der Waals surface area contributed by atoms with Crippen LogP contribution in [0.2, 0.25) is 0 Å². The fourth-order valence-corrected chi connectivity index (χ4v) is 4.65. The molecule has 5 rings (SSSR count). The fraction of sp³-hybridized carbons (Fsp3) is 0.385. The highest BCUT2D eigenvalue weighted by atomic mass is 16.5. The summed E-state index contributed by atoms with van der Waals surface area (Å²) in [6.45, 7) is 7.06. The van der Waals surface area contributed by atoms with Crippen LogP contribution in [-0.2, 0) is 16.1 Å². The number of aromatic nitrogens is 4. The van der Waals surface area contributed by atoms with E-state index in [1.165, 1.54) is 6.20 Å². The van der Waals surface area contributed by atoms with Gasteiger partial charge in [-0.3, -0.25) is 9.36 Å². The van der Waals surface area contributed by atoms with Gasteiger partial charge in [-0.25, -0.2) is 15.0 Å². The highest BCUT2D eigenvalue weighted by Crippen LogP contribution is 2.32. The van der Waals surface area contributed by atoms with Gasteiger partial charge in [0, 0.05) is 51.0 Å². The molecule has 0 spiro atoms. The van der Waals surface area contributed by atoms with E-state index in [0.29, 0.717) is 57.5 Å². The first kappa shape index (κ1) is 24.6. The Morgan fingerprint density at radius 2 is 1.92 bits per heavy atom. The van der Waals surface area contributed by atoms with Gasteiger partial charge in [0.2, 0.25) is 11.9 Å². The maximum Gasteiger partial charge on any atom is 0.242 e. The van der Waals surface area contributed by atoms with Crippen LogP contribution in [0.15, 0.2) is 42.6 Å². The van der Waals surface area contributed by atoms with Crippen LogP contribution in [0.1, 0.15) is 12.5 Å². The van der Waals surface area contributed by atoms with E-state index >= 15 is 0 Å². The first-order valence-electron chi connectivity index (χ1n) is 12.5. The molecule has 0 unspecified atom stereocenters. The zero-order chi connectivity index (χ0) is 25.9. The van der Waals surface area contributed by atoms with Gasteiger partial charge < -0.3 is 30.9 Å². The van der Waals surface area contributed by atoms with Crippen LogP contribution in [0, 0.1) is 0 Å². The van der Waals surface area contributed by atoms with Crippen molar-refractivity contribution >= 4 is 34.5 Å². The number of rotatable bonds is 6. The van der Waals surface area contributed by atoms with Crippen LogP contribution in [0.5, 0.6) is 0 Å². The molecular formula is C26H33N9O2. The first-order chi connectivity index (χ1) is 18.0. The third-order valence-corrected chi connectivity index (χ3v) is 6.76. The number of carbonyl (C=O) groups is 1. The van der Waals surface area contributed by atoms with E-state index in [1.54, 1.807) is 17.1 Å². The third-order valence-electron chi connectivity index (χ3n) is 6.76. The lowest BCUT2D eigenvalue weighted by Crippen LogP contribution is -2.49. The zero-order valence-electron chi connectivity index (χ0n) is 21.3. The molecule has 2 aromatic heterocycles. The largest absolute Gasteiger partial charge is 0.405 e. The van der Waals surface area contributed by atoms with E-state index in [0.717, 1.165) is 34.1 Å². The number of nitrogens with two attached hydrogens (primary N) is 2. The lowest BCUT2D eigenvalue weighted by atomic mass is 10.1. The Morgan fingerprint density at radius 3 is 2.65 bits per heavy atom. The molecule has 37 heavy (non-hydrogen) atoms. The third kappa shape index (κ3) is 4.82. The number of benzene rings is 1. The Morgan fingerprint density at radius 1 is 1.11 bits per heavy atom. The number of likely N-dealkylation sites (N-methyl/N-ethyl adjacent to an activating group) is 1. The van der Waals surface area contributed by atoms with Crippen molar-refractivity contribution in [1.29, 1.82) is 0 Å². The summed E-state index contributed by atoms with van der Waals surface area (Å²) in [7, 11) is 1.83. The standard InChI is InChI=1S/C26H33N9O2/c1-3-35-25-22(29-26(35)34-11-10-32(2)21(36)17-34)24(33-12-14-37-15-13-33)30-23(31-25)19-7-4-6-18(16-19)20(28)8-5-9-27/h4-9,16H,3,10-15,17,27-28H2,1-2H3/b9-5-,20-8-. The average molecular weight is 504 g/mol. The molecule has 2 fully saturated rings. The molecule has 0 saturated carbocycles. The van der Waals surface area contributed by atoms with Gasteiger partial charge in [0.1, 0.15) is 0 Å². The molecule has 4 heterocycles. The van der Waals surface area contributed by atoms with Crippen LogP contribution < -0.4 is 21.3 Å². The van der Waals surface area contributed by atoms with Crippen molar-refractivity contribution in [3.05, 3.63) is 48.2 Å². The van der Waals surface area contributed by atoms with E-state index in [9.17, 15) is 4.79 Å². The summed E-state index contributed by atoms with van der Waals surface area (Å²) in [5.74, 6) is 2.19. The number of carbonyl (C=O) groups excluding carboxylic acids is 1. The van der Waals surface area contributed by atoms with Gasteiger partial charge in [0.25, 0.3) is 0 Å². The molecule has 0 aliphatic carbocycles. The minimum absolute atomic E-state index is 0.0769. The number of nitrogens with zero attached hydrogens (tertiary/aromatic N) is 7. The number of morpholine rings is 1. The van der Waals surface area contributed by atoms with Crippen molar-refractivity contribution in [2.24, 2.45) is 11.5 Å². The normalized spacial score (nSPS) is 17.4. The van der Waals surface area contributed by atoms with Crippen molar-refractivity contribution in [2.45, 2.75) is 13.5 Å². The molecule has 0 bridgehead atoms. The van der Waals surface area contributed by atoms with E-state index in [2.05, 4.69) is 16.4 Å². The molecule has 1 amide bonds. The molecule has 2 saturated heterocycles. The summed E-state index contributed by atoms with van der Waals surface area (Å²) < 4.78 is 7.67. The second-order valence-electron chi connectivity index (χ2n) is 9.12. The van der Waals surface area contributed by atoms with Crippen LogP contribution in [-0.4, -0.2) is 83.3 Å². The average Bonchev–Trinajstić information content (AvgIpc) is 3.31. The van der Waals surface area contributed by atoms with Crippen molar-refractivity contribution in [3.8, 4) is 11.4 Å². The van der Waals surface area contributed by atoms with Crippen LogP contribution >= 0.6 is 0 Å². The van der Waals surface area contributed by atoms with Gasteiger partial charge in [-0.2, -0.15) is 0 Å². The second-order valence-corrected chi connectivity index (χ2v) is 9.12. The summed E-state index contributed by atoms with van der Waals surface area (Å²) in [5.41, 5.74) is 15.5. The maximum absolute atomic E-state index is 12.5. The Hall–Kier alpha value is -4.12. The number of piperazine rings is 1. The van der Waals surface area contributed by atoms with Gasteiger partial charge in [-0.15, -0.1) is 0 Å². The van der Waals surface area contributed by atoms with Crippen molar-refractivity contribution < 1.29 is 9.53 Å². The zero-order valence-corrected chi connectivity index (χ0v) is 21.3. The van der Waals surface area contributed by atoms with Crippen molar-refractivity contribution in [2.75, 3.05) is 62.8 Å². The van der Waals surface area contributed by atoms with E-state index in [-0.39, 0.29) is 12.5 Å². The summed E-state index contributed by atoms with van der Waals surface area (Å²) in [6, 6.07) is 7.84. The predicted octanol–water partition coefficient (Wildman–Crippen LogP) is 1.40. The number of allylic oxidation sites excluding steroid dienone is 2. The van der Waals surface area contributed by atoms with Gasteiger partial charge in [0.15, 0.2) is 22.8 Å². The number of hydrogen-bond acceptors (Lipinski definition) is 9. The number of amides is 1. The Balaban J connectivity index is 1.65. The summed E-state index contributed by atoms with van der Waals surface area (Å²) >= 11 is 0. The van der Waals surface area contributed by atoms with Crippen LogP contribution in [0.4, 0.5) is 11.8 Å². The number of aryl methyl sites for hydroxylation is 1. The minimum Gasteiger partial charge on any atom is -0.405 e. The Labute approximate surface area is 216 Å². The molecule has 2 aliphatic heterocycles. The van der Waals surface area contributed by atoms with E-state index < -0.39 is 0 Å². The van der Waals surface area contributed by atoms with Gasteiger partial charge in [-0.1, -0.05) is 18.2 Å². The first-order valence-corrected chi connectivity index (χ1v) is 12.5. The minimum atomic E-state index is 0.0769. The number of anilines is 2. The number of imidazole rings is 1. The molecule has 0 radical (unpaired) electrons. The van der Waals surface area contributed by atoms with E-state index in [1.807, 2.05) is 36.2 Å². The number of ether oxygens (including phenoxy) is 1. The molecule has 11 heteroatoms. The fourth-order valence-electron chi connectivity index (χ4n) is 4.65. The lowest BCUT2D eigenvalue weighted by molar-refractivity contribution is -0.129. The highest BCUT2D eigenvalue weighted by molar-refractivity contribution is 5.89. The summed E-state index contributed by atoms with van der Waals surface area (Å²) in [4.78, 5) is 33.5. The van der Waals surface area contributed by atoms with E-state index in [4.69, 9.17) is 31.2 Å². The monoisotopic (exact) mass is 503 g/mol. The molecule has 2 aliphatic rings. The van der Waals surface area contributed by atoms with Crippen molar-refractivity contribution in [1.82, 2.24) is 24.4 Å². The topological polar surface area (TPSA) is 132 Å². The van der Waals surface area contributed by atoms with Gasteiger partial charge >= 0.3 is 0 Å².